The summed E-state index contributed by atoms with van der Waals surface area (Å²) in [7, 11) is 0. The lowest BCUT2D eigenvalue weighted by molar-refractivity contribution is 0.259. The van der Waals surface area contributed by atoms with Crippen LogP contribution in [0, 0.1) is 29.4 Å². The summed E-state index contributed by atoms with van der Waals surface area (Å²) in [5.41, 5.74) is 1.78. The van der Waals surface area contributed by atoms with Crippen LogP contribution in [0.1, 0.15) is 254 Å². The lowest BCUT2D eigenvalue weighted by Crippen LogP contribution is -2.04. The van der Waals surface area contributed by atoms with Crippen LogP contribution in [0.3, 0.4) is 0 Å². The van der Waals surface area contributed by atoms with Crippen molar-refractivity contribution in [2.24, 2.45) is 0 Å². The Balaban J connectivity index is 1.24. The number of hydrogen-bond donors (Lipinski definition) is 0. The van der Waals surface area contributed by atoms with Gasteiger partial charge in [0.05, 0.1) is 53.1 Å². The predicted molar refractivity (Wildman–Crippen MR) is 404 cm³/mol. The van der Waals surface area contributed by atoms with Crippen LogP contribution in [-0.2, 0) is 0 Å². The smallest absolute Gasteiger partial charge is 0.161 e. The minimum Gasteiger partial charge on any atom is -0.492 e. The molecule has 0 bridgehead atoms. The largest absolute Gasteiger partial charge is 0.492 e. The molecule has 472 valence electrons. The van der Waals surface area contributed by atoms with Gasteiger partial charge in [0.25, 0.3) is 0 Å². The summed E-state index contributed by atoms with van der Waals surface area (Å²) >= 11 is 12.0. The van der Waals surface area contributed by atoms with Gasteiger partial charge >= 0.3 is 0 Å². The highest BCUT2D eigenvalue weighted by Crippen LogP contribution is 2.45. The molecule has 0 atom stereocenters. The summed E-state index contributed by atoms with van der Waals surface area (Å²) in [5, 5.41) is 6.65. The molecule has 0 aliphatic heterocycles. The molecule has 0 saturated heterocycles. The Morgan fingerprint density at radius 3 is 0.818 bits per heavy atom. The molecule has 0 unspecified atom stereocenters. The zero-order valence-corrected chi connectivity index (χ0v) is 61.1. The number of rotatable bonds is 42. The molecule has 0 saturated carbocycles. The monoisotopic (exact) mass is 1480 g/mol. The topological polar surface area (TPSA) is 36.9 Å². The highest BCUT2D eigenvalue weighted by molar-refractivity contribution is 14.1. The fourth-order valence-electron chi connectivity index (χ4n) is 11.6. The van der Waals surface area contributed by atoms with E-state index in [0.29, 0.717) is 26.4 Å². The summed E-state index contributed by atoms with van der Waals surface area (Å²) in [6.45, 7) is 11.8. The fourth-order valence-corrected chi connectivity index (χ4v) is 16.8. The highest BCUT2D eigenvalue weighted by Gasteiger charge is 2.20. The number of thiophene rings is 4. The second-order valence-corrected chi connectivity index (χ2v) is 32.1. The van der Waals surface area contributed by atoms with E-state index in [9.17, 15) is 0 Å². The molecule has 0 spiro atoms. The number of fused-ring (bicyclic) bond motifs is 6. The first kappa shape index (κ1) is 70.1. The third kappa shape index (κ3) is 22.8. The van der Waals surface area contributed by atoms with Crippen LogP contribution < -0.4 is 18.9 Å². The number of unbranched alkanes of at least 4 members (excludes halogenated alkanes) is 28. The van der Waals surface area contributed by atoms with E-state index < -0.39 is 0 Å². The molecule has 8 rings (SSSR count). The van der Waals surface area contributed by atoms with Gasteiger partial charge in [-0.1, -0.05) is 231 Å². The SMILES string of the molecule is CCCCCCCCCCOc1cc2c(cc1C#Cc1ccc(-c3ccc(I)s3)s1)c1cc(C#Cc3ccc(-c4ccc(I)s4)s3)c(OCCCCCCCCCC)cc1c1cc(OCCCCCCCCCC)c(OCCCCCCCCCC)cc21. The number of halogens is 2. The van der Waals surface area contributed by atoms with E-state index in [1.165, 1.54) is 192 Å². The molecule has 4 heterocycles. The maximum absolute atomic E-state index is 6.98. The van der Waals surface area contributed by atoms with Crippen molar-refractivity contribution in [3.05, 3.63) is 112 Å². The van der Waals surface area contributed by atoms with Gasteiger partial charge in [-0.2, -0.15) is 0 Å². The van der Waals surface area contributed by atoms with Crippen LogP contribution in [0.5, 0.6) is 23.0 Å². The first-order chi connectivity index (χ1) is 43.3. The van der Waals surface area contributed by atoms with E-state index in [4.69, 9.17) is 18.9 Å². The minimum atomic E-state index is 0.639. The number of hydrogen-bond acceptors (Lipinski definition) is 8. The normalized spacial score (nSPS) is 11.4. The Labute approximate surface area is 573 Å². The van der Waals surface area contributed by atoms with Crippen molar-refractivity contribution in [1.82, 2.24) is 0 Å². The van der Waals surface area contributed by atoms with Gasteiger partial charge in [-0.25, -0.2) is 0 Å². The predicted octanol–water partition coefficient (Wildman–Crippen LogP) is 26.8. The molecule has 0 amide bonds. The first-order valence-corrected chi connectivity index (χ1v) is 39.6. The summed E-state index contributed by atoms with van der Waals surface area (Å²) in [6.07, 6.45) is 39.9. The van der Waals surface area contributed by atoms with E-state index in [-0.39, 0.29) is 0 Å². The van der Waals surface area contributed by atoms with Gasteiger partial charge in [-0.3, -0.25) is 0 Å². The van der Waals surface area contributed by atoms with E-state index in [0.717, 1.165) is 115 Å². The Morgan fingerprint density at radius 1 is 0.273 bits per heavy atom. The summed E-state index contributed by atoms with van der Waals surface area (Å²) in [5.74, 6) is 18.0. The van der Waals surface area contributed by atoms with Crippen molar-refractivity contribution in [1.29, 1.82) is 0 Å². The third-order valence-corrected chi connectivity index (χ3v) is 22.9. The van der Waals surface area contributed by atoms with Crippen LogP contribution in [0.2, 0.25) is 0 Å². The van der Waals surface area contributed by atoms with Gasteiger partial charge in [0.15, 0.2) is 11.5 Å². The van der Waals surface area contributed by atoms with Gasteiger partial charge in [0.2, 0.25) is 0 Å². The van der Waals surface area contributed by atoms with Gasteiger partial charge < -0.3 is 18.9 Å². The zero-order valence-electron chi connectivity index (χ0n) is 53.6. The Bertz CT molecular complexity index is 3240. The van der Waals surface area contributed by atoms with Crippen LogP contribution in [0.15, 0.2) is 84.9 Å². The average Bonchev–Trinajstić information content (AvgIpc) is 0.970. The molecule has 0 N–H and O–H groups in total. The van der Waals surface area contributed by atoms with E-state index in [2.05, 4.69) is 181 Å². The maximum Gasteiger partial charge on any atom is 0.161 e. The van der Waals surface area contributed by atoms with Crippen molar-refractivity contribution in [3.63, 3.8) is 0 Å². The lowest BCUT2D eigenvalue weighted by Gasteiger charge is -2.19. The van der Waals surface area contributed by atoms with Crippen LogP contribution in [0.25, 0.3) is 51.8 Å². The van der Waals surface area contributed by atoms with E-state index in [1.54, 1.807) is 22.7 Å². The zero-order chi connectivity index (χ0) is 61.4. The molecular formula is C78H98I2O4S4. The van der Waals surface area contributed by atoms with Crippen molar-refractivity contribution in [2.75, 3.05) is 26.4 Å². The second-order valence-electron chi connectivity index (χ2n) is 24.0. The molecule has 0 fully saturated rings. The molecule has 4 aromatic carbocycles. The molecule has 4 aromatic heterocycles. The van der Waals surface area contributed by atoms with Crippen molar-refractivity contribution in [3.8, 4) is 66.2 Å². The molecule has 0 radical (unpaired) electrons. The van der Waals surface area contributed by atoms with Gasteiger partial charge in [0.1, 0.15) is 11.5 Å². The lowest BCUT2D eigenvalue weighted by atomic mass is 9.91. The quantitative estimate of drug-likeness (QED) is 0.0165. The molecule has 8 aromatic rings. The molecule has 4 nitrogen and oxygen atoms in total. The maximum atomic E-state index is 6.98. The fraction of sp³-hybridized carbons (Fsp3) is 0.513. The Morgan fingerprint density at radius 2 is 0.523 bits per heavy atom. The van der Waals surface area contributed by atoms with Gasteiger partial charge in [0, 0.05) is 19.5 Å². The first-order valence-electron chi connectivity index (χ1n) is 34.2. The molecular weight excluding hydrogens is 1380 g/mol. The summed E-state index contributed by atoms with van der Waals surface area (Å²) < 4.78 is 30.4. The van der Waals surface area contributed by atoms with Crippen LogP contribution >= 0.6 is 90.5 Å². The molecule has 10 heteroatoms. The highest BCUT2D eigenvalue weighted by atomic mass is 127. The van der Waals surface area contributed by atoms with Crippen molar-refractivity contribution < 1.29 is 18.9 Å². The number of benzene rings is 4. The Kier molecular flexibility index (Phi) is 32.1. The second kappa shape index (κ2) is 40.3. The standard InChI is InChI=1S/C78H98I2O4S4/c1-5-9-13-17-21-25-29-33-49-81-69-55-65-63(53-59(69)37-39-61-41-43-73(85-61)75-45-47-77(79)87-75)64-54-60(38-40-62-42-44-74(86-62)76-46-48-78(80)88-76)70(82-50-34-30-26-22-18-14-10-6-2)56-66(64)68-58-72(84-52-36-32-28-24-20-16-12-8-4)71(57-67(65)68)83-51-35-31-27-23-19-15-11-7-3/h41-48,53-58H,5-36,49-52H2,1-4H3. The van der Waals surface area contributed by atoms with Crippen LogP contribution in [0.4, 0.5) is 0 Å². The number of ether oxygens (including phenoxy) is 4. The van der Waals surface area contributed by atoms with Crippen molar-refractivity contribution >= 4 is 123 Å². The third-order valence-electron chi connectivity index (χ3n) is 16.7. The Hall–Kier alpha value is -3.76. The van der Waals surface area contributed by atoms with Gasteiger partial charge in [-0.05, 0) is 188 Å². The van der Waals surface area contributed by atoms with Crippen molar-refractivity contribution in [2.45, 2.75) is 233 Å². The van der Waals surface area contributed by atoms with E-state index >= 15 is 0 Å². The van der Waals surface area contributed by atoms with Gasteiger partial charge in [-0.15, -0.1) is 45.3 Å². The molecule has 0 aliphatic carbocycles. The molecule has 88 heavy (non-hydrogen) atoms. The molecule has 0 aliphatic rings. The summed E-state index contributed by atoms with van der Waals surface area (Å²) in [4.78, 5) is 7.12. The average molecular weight is 1480 g/mol. The summed E-state index contributed by atoms with van der Waals surface area (Å²) in [6, 6.07) is 31.4. The minimum absolute atomic E-state index is 0.639. The van der Waals surface area contributed by atoms with Crippen LogP contribution in [-0.4, -0.2) is 26.4 Å². The van der Waals surface area contributed by atoms with E-state index in [1.807, 2.05) is 22.7 Å².